The van der Waals surface area contributed by atoms with Gasteiger partial charge in [-0.2, -0.15) is 0 Å². The topological polar surface area (TPSA) is 108 Å². The lowest BCUT2D eigenvalue weighted by Crippen LogP contribution is -2.28. The second kappa shape index (κ2) is 11.5. The van der Waals surface area contributed by atoms with Gasteiger partial charge in [0.1, 0.15) is 11.6 Å². The number of carbonyl (C=O) groups excluding carboxylic acids is 1. The Labute approximate surface area is 239 Å². The third-order valence-corrected chi connectivity index (χ3v) is 7.17. The highest BCUT2D eigenvalue weighted by molar-refractivity contribution is 6.34. The highest BCUT2D eigenvalue weighted by Gasteiger charge is 2.23. The SMILES string of the molecule is CCCC(NC(=O)c1ccc(-c2c(Cl)cccc2-c2nc3cc(Cl)c(F)cc3[nH]2)c(C(=O)O)c1)c1ccncc1. The van der Waals surface area contributed by atoms with Gasteiger partial charge in [-0.05, 0) is 53.9 Å². The molecule has 0 aliphatic carbocycles. The predicted molar refractivity (Wildman–Crippen MR) is 153 cm³/mol. The number of pyridine rings is 1. The summed E-state index contributed by atoms with van der Waals surface area (Å²) in [5.74, 6) is -1.87. The van der Waals surface area contributed by atoms with Crippen LogP contribution in [0.1, 0.15) is 52.1 Å². The fourth-order valence-electron chi connectivity index (χ4n) is 4.66. The first kappa shape index (κ1) is 27.3. The Morgan fingerprint density at radius 1 is 1.02 bits per heavy atom. The molecular weight excluding hydrogens is 554 g/mol. The van der Waals surface area contributed by atoms with Crippen molar-refractivity contribution in [3.05, 3.63) is 106 Å². The van der Waals surface area contributed by atoms with Gasteiger partial charge in [-0.15, -0.1) is 0 Å². The van der Waals surface area contributed by atoms with Gasteiger partial charge in [-0.1, -0.05) is 54.7 Å². The number of amides is 1. The molecule has 40 heavy (non-hydrogen) atoms. The van der Waals surface area contributed by atoms with Gasteiger partial charge < -0.3 is 15.4 Å². The fourth-order valence-corrected chi connectivity index (χ4v) is 5.09. The number of carboxylic acids is 1. The molecule has 0 bridgehead atoms. The maximum absolute atomic E-state index is 14.0. The molecule has 1 atom stereocenters. The third kappa shape index (κ3) is 5.41. The van der Waals surface area contributed by atoms with Gasteiger partial charge in [0, 0.05) is 40.2 Å². The van der Waals surface area contributed by atoms with Crippen LogP contribution in [0.5, 0.6) is 0 Å². The average molecular weight is 577 g/mol. The van der Waals surface area contributed by atoms with E-state index < -0.39 is 17.7 Å². The molecule has 0 saturated heterocycles. The summed E-state index contributed by atoms with van der Waals surface area (Å²) < 4.78 is 14.0. The first-order valence-electron chi connectivity index (χ1n) is 12.5. The Balaban J connectivity index is 1.56. The van der Waals surface area contributed by atoms with Gasteiger partial charge in [-0.3, -0.25) is 9.78 Å². The minimum atomic E-state index is -1.23. The van der Waals surface area contributed by atoms with Crippen molar-refractivity contribution in [2.45, 2.75) is 25.8 Å². The van der Waals surface area contributed by atoms with Crippen LogP contribution in [0.4, 0.5) is 4.39 Å². The van der Waals surface area contributed by atoms with E-state index in [0.717, 1.165) is 12.0 Å². The number of nitrogens with one attached hydrogen (secondary N) is 2. The number of hydrogen-bond acceptors (Lipinski definition) is 4. The molecule has 202 valence electrons. The van der Waals surface area contributed by atoms with Crippen molar-refractivity contribution in [2.75, 3.05) is 0 Å². The maximum Gasteiger partial charge on any atom is 0.336 e. The zero-order valence-electron chi connectivity index (χ0n) is 21.2. The van der Waals surface area contributed by atoms with Crippen molar-refractivity contribution in [1.29, 1.82) is 0 Å². The molecule has 1 unspecified atom stereocenters. The smallest absolute Gasteiger partial charge is 0.336 e. The Morgan fingerprint density at radius 3 is 2.52 bits per heavy atom. The lowest BCUT2D eigenvalue weighted by atomic mass is 9.93. The summed E-state index contributed by atoms with van der Waals surface area (Å²) in [6, 6.07) is 15.6. The Bertz CT molecular complexity index is 1700. The van der Waals surface area contributed by atoms with E-state index in [2.05, 4.69) is 20.3 Å². The molecule has 0 spiro atoms. The minimum Gasteiger partial charge on any atom is -0.478 e. The molecule has 10 heteroatoms. The van der Waals surface area contributed by atoms with Gasteiger partial charge in [0.2, 0.25) is 0 Å². The van der Waals surface area contributed by atoms with Crippen LogP contribution >= 0.6 is 23.2 Å². The number of carboxylic acid groups (broad SMARTS) is 1. The standard InChI is InChI=1S/C30H23Cl2FN4O3/c1-2-4-24(16-9-11-34-12-10-16)37-29(38)17-7-8-18(20(13-17)30(39)40)27-19(5-3-6-21(27)31)28-35-25-14-22(32)23(33)15-26(25)36-28/h3,5-15,24H,2,4H2,1H3,(H,35,36)(H,37,38)(H,39,40). The number of imidazole rings is 1. The van der Waals surface area contributed by atoms with Crippen molar-refractivity contribution in [3.8, 4) is 22.5 Å². The molecular formula is C30H23Cl2FN4O3. The van der Waals surface area contributed by atoms with E-state index in [1.54, 1.807) is 42.7 Å². The lowest BCUT2D eigenvalue weighted by molar-refractivity contribution is 0.0697. The number of aromatic amines is 1. The van der Waals surface area contributed by atoms with E-state index in [1.165, 1.54) is 18.2 Å². The number of rotatable bonds is 8. The molecule has 2 aromatic heterocycles. The van der Waals surface area contributed by atoms with E-state index in [1.807, 2.05) is 19.1 Å². The molecule has 0 saturated carbocycles. The highest BCUT2D eigenvalue weighted by atomic mass is 35.5. The lowest BCUT2D eigenvalue weighted by Gasteiger charge is -2.19. The van der Waals surface area contributed by atoms with Gasteiger partial charge in [0.25, 0.3) is 5.91 Å². The second-order valence-electron chi connectivity index (χ2n) is 9.19. The summed E-state index contributed by atoms with van der Waals surface area (Å²) in [7, 11) is 0. The molecule has 3 aromatic carbocycles. The number of nitrogens with zero attached hydrogens (tertiary/aromatic N) is 2. The maximum atomic E-state index is 14.0. The molecule has 7 nitrogen and oxygen atoms in total. The molecule has 5 rings (SSSR count). The van der Waals surface area contributed by atoms with Crippen molar-refractivity contribution >= 4 is 46.1 Å². The number of aromatic nitrogens is 3. The molecule has 3 N–H and O–H groups in total. The molecule has 5 aromatic rings. The number of benzene rings is 3. The number of halogens is 3. The third-order valence-electron chi connectivity index (χ3n) is 6.57. The summed E-state index contributed by atoms with van der Waals surface area (Å²) in [4.78, 5) is 37.3. The summed E-state index contributed by atoms with van der Waals surface area (Å²) >= 11 is 12.5. The Kier molecular flexibility index (Phi) is 7.82. The van der Waals surface area contributed by atoms with Crippen LogP contribution in [0.15, 0.2) is 73.1 Å². The van der Waals surface area contributed by atoms with E-state index in [-0.39, 0.29) is 27.2 Å². The second-order valence-corrected chi connectivity index (χ2v) is 10.0. The van der Waals surface area contributed by atoms with Crippen LogP contribution in [0.3, 0.4) is 0 Å². The van der Waals surface area contributed by atoms with Crippen LogP contribution in [-0.4, -0.2) is 31.9 Å². The molecule has 0 aliphatic heterocycles. The quantitative estimate of drug-likeness (QED) is 0.175. The van der Waals surface area contributed by atoms with Crippen LogP contribution in [0.2, 0.25) is 10.0 Å². The Morgan fingerprint density at radius 2 is 1.80 bits per heavy atom. The largest absolute Gasteiger partial charge is 0.478 e. The first-order chi connectivity index (χ1) is 19.3. The number of fused-ring (bicyclic) bond motifs is 1. The fraction of sp³-hybridized carbons (Fsp3) is 0.133. The van der Waals surface area contributed by atoms with Crippen LogP contribution in [-0.2, 0) is 0 Å². The first-order valence-corrected chi connectivity index (χ1v) is 13.2. The van der Waals surface area contributed by atoms with E-state index in [0.29, 0.717) is 40.0 Å². The summed E-state index contributed by atoms with van der Waals surface area (Å²) in [6.07, 6.45) is 4.86. The molecule has 0 aliphatic rings. The van der Waals surface area contributed by atoms with Gasteiger partial charge in [0.05, 0.1) is 27.7 Å². The van der Waals surface area contributed by atoms with E-state index >= 15 is 0 Å². The highest BCUT2D eigenvalue weighted by Crippen LogP contribution is 2.39. The number of hydrogen-bond donors (Lipinski definition) is 3. The number of carbonyl (C=O) groups is 2. The summed E-state index contributed by atoms with van der Waals surface area (Å²) in [5, 5.41) is 13.4. The van der Waals surface area contributed by atoms with Crippen molar-refractivity contribution in [3.63, 3.8) is 0 Å². The van der Waals surface area contributed by atoms with Gasteiger partial charge in [0.15, 0.2) is 0 Å². The minimum absolute atomic E-state index is 0.0657. The van der Waals surface area contributed by atoms with Crippen LogP contribution < -0.4 is 5.32 Å². The summed E-state index contributed by atoms with van der Waals surface area (Å²) in [6.45, 7) is 2.02. The zero-order chi connectivity index (χ0) is 28.4. The monoisotopic (exact) mass is 576 g/mol. The Hall–Kier alpha value is -4.27. The summed E-state index contributed by atoms with van der Waals surface area (Å²) in [5.41, 5.74) is 3.06. The molecule has 1 amide bonds. The van der Waals surface area contributed by atoms with Crippen LogP contribution in [0.25, 0.3) is 33.5 Å². The molecule has 0 radical (unpaired) electrons. The normalized spacial score (nSPS) is 11.9. The zero-order valence-corrected chi connectivity index (χ0v) is 22.7. The predicted octanol–water partition coefficient (Wildman–Crippen LogP) is 7.71. The van der Waals surface area contributed by atoms with E-state index in [4.69, 9.17) is 23.2 Å². The molecule has 2 heterocycles. The molecule has 0 fully saturated rings. The van der Waals surface area contributed by atoms with E-state index in [9.17, 15) is 19.1 Å². The average Bonchev–Trinajstić information content (AvgIpc) is 3.35. The number of aromatic carboxylic acids is 1. The van der Waals surface area contributed by atoms with Crippen molar-refractivity contribution in [1.82, 2.24) is 20.3 Å². The van der Waals surface area contributed by atoms with Crippen molar-refractivity contribution in [2.24, 2.45) is 0 Å². The van der Waals surface area contributed by atoms with Gasteiger partial charge in [-0.25, -0.2) is 14.2 Å². The van der Waals surface area contributed by atoms with Crippen LogP contribution in [0, 0.1) is 5.82 Å². The van der Waals surface area contributed by atoms with Gasteiger partial charge >= 0.3 is 5.97 Å². The van der Waals surface area contributed by atoms with Crippen molar-refractivity contribution < 1.29 is 19.1 Å². The number of H-pyrrole nitrogens is 1.